The second-order valence-electron chi connectivity index (χ2n) is 8.42. The highest BCUT2D eigenvalue weighted by atomic mass is 32.1. The molecule has 0 saturated carbocycles. The molecule has 0 saturated heterocycles. The SMILES string of the molecule is COCCN1C(=O)c2ccccc2C(C(=O)Nc2ccccc2-c2ccccc2)C1c1cccs1. The molecule has 2 amide bonds. The molecule has 6 heteroatoms. The largest absolute Gasteiger partial charge is 0.383 e. The number of hydrogen-bond donors (Lipinski definition) is 1. The minimum atomic E-state index is -0.566. The molecule has 1 aliphatic heterocycles. The van der Waals surface area contributed by atoms with Crippen LogP contribution in [0.15, 0.2) is 96.4 Å². The fourth-order valence-corrected chi connectivity index (χ4v) is 5.63. The van der Waals surface area contributed by atoms with Crippen LogP contribution < -0.4 is 5.32 Å². The van der Waals surface area contributed by atoms with E-state index in [-0.39, 0.29) is 11.8 Å². The summed E-state index contributed by atoms with van der Waals surface area (Å²) < 4.78 is 5.31. The lowest BCUT2D eigenvalue weighted by Gasteiger charge is -2.41. The highest BCUT2D eigenvalue weighted by Crippen LogP contribution is 2.45. The van der Waals surface area contributed by atoms with Gasteiger partial charge in [0.2, 0.25) is 5.91 Å². The van der Waals surface area contributed by atoms with E-state index in [0.29, 0.717) is 18.7 Å². The zero-order chi connectivity index (χ0) is 24.2. The quantitative estimate of drug-likeness (QED) is 0.352. The van der Waals surface area contributed by atoms with Crippen LogP contribution in [0, 0.1) is 0 Å². The van der Waals surface area contributed by atoms with Gasteiger partial charge in [0.1, 0.15) is 0 Å². The summed E-state index contributed by atoms with van der Waals surface area (Å²) in [4.78, 5) is 30.4. The fourth-order valence-electron chi connectivity index (χ4n) is 4.76. The smallest absolute Gasteiger partial charge is 0.254 e. The number of para-hydroxylation sites is 1. The Morgan fingerprint density at radius 1 is 0.914 bits per heavy atom. The lowest BCUT2D eigenvalue weighted by Crippen LogP contribution is -2.47. The number of nitrogens with one attached hydrogen (secondary N) is 1. The Morgan fingerprint density at radius 2 is 1.63 bits per heavy atom. The van der Waals surface area contributed by atoms with Crippen LogP contribution in [0.5, 0.6) is 0 Å². The summed E-state index contributed by atoms with van der Waals surface area (Å²) in [6.07, 6.45) is 0. The van der Waals surface area contributed by atoms with Gasteiger partial charge >= 0.3 is 0 Å². The molecule has 35 heavy (non-hydrogen) atoms. The molecule has 1 aliphatic rings. The third kappa shape index (κ3) is 4.50. The number of ether oxygens (including phenoxy) is 1. The Bertz CT molecular complexity index is 1320. The highest BCUT2D eigenvalue weighted by molar-refractivity contribution is 7.10. The predicted octanol–water partition coefficient (Wildman–Crippen LogP) is 5.98. The Labute approximate surface area is 209 Å². The molecule has 5 rings (SSSR count). The van der Waals surface area contributed by atoms with Gasteiger partial charge in [-0.05, 0) is 34.7 Å². The van der Waals surface area contributed by atoms with Crippen molar-refractivity contribution in [2.24, 2.45) is 0 Å². The summed E-state index contributed by atoms with van der Waals surface area (Å²) in [6.45, 7) is 0.789. The number of hydrogen-bond acceptors (Lipinski definition) is 4. The van der Waals surface area contributed by atoms with Crippen molar-refractivity contribution in [2.75, 3.05) is 25.6 Å². The van der Waals surface area contributed by atoms with Gasteiger partial charge in [-0.15, -0.1) is 11.3 Å². The first-order valence-corrected chi connectivity index (χ1v) is 12.4. The number of rotatable bonds is 7. The van der Waals surface area contributed by atoms with Crippen molar-refractivity contribution in [3.8, 4) is 11.1 Å². The molecule has 1 N–H and O–H groups in total. The summed E-state index contributed by atoms with van der Waals surface area (Å²) >= 11 is 1.56. The van der Waals surface area contributed by atoms with Crippen molar-refractivity contribution >= 4 is 28.8 Å². The Kier molecular flexibility index (Phi) is 6.75. The van der Waals surface area contributed by atoms with Crippen LogP contribution in [0.1, 0.15) is 32.8 Å². The first kappa shape index (κ1) is 23.0. The first-order valence-electron chi connectivity index (χ1n) is 11.6. The molecule has 0 radical (unpaired) electrons. The van der Waals surface area contributed by atoms with Crippen molar-refractivity contribution in [1.29, 1.82) is 0 Å². The maximum atomic E-state index is 14.1. The van der Waals surface area contributed by atoms with Gasteiger partial charge in [0.15, 0.2) is 0 Å². The topological polar surface area (TPSA) is 58.6 Å². The summed E-state index contributed by atoms with van der Waals surface area (Å²) in [5, 5.41) is 5.18. The van der Waals surface area contributed by atoms with Crippen molar-refractivity contribution in [2.45, 2.75) is 12.0 Å². The van der Waals surface area contributed by atoms with E-state index in [1.54, 1.807) is 29.4 Å². The molecule has 2 atom stereocenters. The van der Waals surface area contributed by atoms with Crippen LogP contribution in [-0.2, 0) is 9.53 Å². The second kappa shape index (κ2) is 10.3. The molecule has 0 spiro atoms. The van der Waals surface area contributed by atoms with Gasteiger partial charge in [0.25, 0.3) is 5.91 Å². The van der Waals surface area contributed by atoms with Gasteiger partial charge in [-0.3, -0.25) is 9.59 Å². The minimum absolute atomic E-state index is 0.0789. The van der Waals surface area contributed by atoms with E-state index in [0.717, 1.165) is 27.3 Å². The van der Waals surface area contributed by atoms with Crippen LogP contribution in [0.25, 0.3) is 11.1 Å². The molecule has 5 nitrogen and oxygen atoms in total. The maximum Gasteiger partial charge on any atom is 0.254 e. The van der Waals surface area contributed by atoms with Gasteiger partial charge in [-0.2, -0.15) is 0 Å². The number of fused-ring (bicyclic) bond motifs is 1. The molecule has 0 aliphatic carbocycles. The van der Waals surface area contributed by atoms with Gasteiger partial charge < -0.3 is 15.0 Å². The van der Waals surface area contributed by atoms with Gasteiger partial charge in [-0.25, -0.2) is 0 Å². The van der Waals surface area contributed by atoms with Crippen molar-refractivity contribution in [1.82, 2.24) is 4.90 Å². The third-order valence-electron chi connectivity index (χ3n) is 6.36. The van der Waals surface area contributed by atoms with E-state index in [4.69, 9.17) is 4.74 Å². The fraction of sp³-hybridized carbons (Fsp3) is 0.172. The third-order valence-corrected chi connectivity index (χ3v) is 7.30. The van der Waals surface area contributed by atoms with E-state index in [1.165, 1.54) is 0 Å². The summed E-state index contributed by atoms with van der Waals surface area (Å²) in [5.41, 5.74) is 4.03. The van der Waals surface area contributed by atoms with E-state index in [9.17, 15) is 9.59 Å². The monoisotopic (exact) mass is 482 g/mol. The lowest BCUT2D eigenvalue weighted by molar-refractivity contribution is -0.119. The number of benzene rings is 3. The van der Waals surface area contributed by atoms with Crippen LogP contribution in [-0.4, -0.2) is 37.0 Å². The minimum Gasteiger partial charge on any atom is -0.383 e. The Balaban J connectivity index is 1.58. The van der Waals surface area contributed by atoms with Gasteiger partial charge in [-0.1, -0.05) is 72.8 Å². The van der Waals surface area contributed by atoms with Crippen molar-refractivity contribution < 1.29 is 14.3 Å². The summed E-state index contributed by atoms with van der Waals surface area (Å²) in [5.74, 6) is -0.790. The lowest BCUT2D eigenvalue weighted by atomic mass is 9.81. The number of amides is 2. The summed E-state index contributed by atoms with van der Waals surface area (Å²) in [7, 11) is 1.62. The number of thiophene rings is 1. The van der Waals surface area contributed by atoms with Crippen LogP contribution >= 0.6 is 11.3 Å². The number of carbonyl (C=O) groups excluding carboxylic acids is 2. The number of anilines is 1. The maximum absolute atomic E-state index is 14.1. The number of nitrogens with zero attached hydrogens (tertiary/aromatic N) is 1. The molecule has 1 aromatic heterocycles. The molecule has 4 aromatic rings. The highest BCUT2D eigenvalue weighted by Gasteiger charge is 2.44. The zero-order valence-electron chi connectivity index (χ0n) is 19.4. The summed E-state index contributed by atoms with van der Waals surface area (Å²) in [6, 6.07) is 28.8. The van der Waals surface area contributed by atoms with Crippen LogP contribution in [0.2, 0.25) is 0 Å². The molecular formula is C29H26N2O3S. The second-order valence-corrected chi connectivity index (χ2v) is 9.40. The molecule has 3 aromatic carbocycles. The van der Waals surface area contributed by atoms with Gasteiger partial charge in [0.05, 0.1) is 18.6 Å². The average molecular weight is 483 g/mol. The first-order chi connectivity index (χ1) is 17.2. The Morgan fingerprint density at radius 3 is 2.37 bits per heavy atom. The predicted molar refractivity (Wildman–Crippen MR) is 140 cm³/mol. The van der Waals surface area contributed by atoms with E-state index >= 15 is 0 Å². The van der Waals surface area contributed by atoms with E-state index in [1.807, 2.05) is 90.3 Å². The van der Waals surface area contributed by atoms with E-state index in [2.05, 4.69) is 5.32 Å². The molecular weight excluding hydrogens is 456 g/mol. The molecule has 2 heterocycles. The van der Waals surface area contributed by atoms with Crippen LogP contribution in [0.3, 0.4) is 0 Å². The van der Waals surface area contributed by atoms with Crippen molar-refractivity contribution in [3.05, 3.63) is 112 Å². The van der Waals surface area contributed by atoms with Crippen LogP contribution in [0.4, 0.5) is 5.69 Å². The van der Waals surface area contributed by atoms with Gasteiger partial charge in [0, 0.05) is 35.3 Å². The molecule has 0 fully saturated rings. The molecule has 176 valence electrons. The molecule has 2 unspecified atom stereocenters. The standard InChI is InChI=1S/C29H26N2O3S/c1-34-18-17-31-27(25-16-9-19-35-25)26(22-13-5-6-14-23(22)29(31)33)28(32)30-24-15-8-7-12-21(24)20-10-3-2-4-11-20/h2-16,19,26-27H,17-18H2,1H3,(H,30,32). The zero-order valence-corrected chi connectivity index (χ0v) is 20.2. The number of carbonyl (C=O) groups is 2. The normalized spacial score (nSPS) is 17.2. The number of methoxy groups -OCH3 is 1. The molecule has 0 bridgehead atoms. The average Bonchev–Trinajstić information content (AvgIpc) is 3.43. The van der Waals surface area contributed by atoms with E-state index < -0.39 is 12.0 Å². The van der Waals surface area contributed by atoms with Crippen molar-refractivity contribution in [3.63, 3.8) is 0 Å². The Hall–Kier alpha value is -3.74.